The van der Waals surface area contributed by atoms with E-state index in [1.807, 2.05) is 4.90 Å². The fourth-order valence-corrected chi connectivity index (χ4v) is 4.47. The van der Waals surface area contributed by atoms with Gasteiger partial charge in [0.2, 0.25) is 0 Å². The van der Waals surface area contributed by atoms with Gasteiger partial charge in [-0.05, 0) is 32.1 Å². The Hall–Kier alpha value is -2.25. The summed E-state index contributed by atoms with van der Waals surface area (Å²) in [6.07, 6.45) is 15.6. The van der Waals surface area contributed by atoms with Crippen molar-refractivity contribution in [3.8, 4) is 0 Å². The van der Waals surface area contributed by atoms with Gasteiger partial charge in [0.1, 0.15) is 0 Å². The highest BCUT2D eigenvalue weighted by Gasteiger charge is 2.36. The number of nitrogens with zero attached hydrogens (tertiary/aromatic N) is 3. The van der Waals surface area contributed by atoms with Gasteiger partial charge in [-0.2, -0.15) is 0 Å². The van der Waals surface area contributed by atoms with Crippen molar-refractivity contribution in [2.45, 2.75) is 103 Å². The van der Waals surface area contributed by atoms with Crippen LogP contribution in [0.5, 0.6) is 0 Å². The lowest BCUT2D eigenvalue weighted by atomic mass is 9.96. The van der Waals surface area contributed by atoms with Gasteiger partial charge in [-0.25, -0.2) is 9.79 Å². The number of carbonyl (C=O) groups excluding carboxylic acids is 1. The van der Waals surface area contributed by atoms with Gasteiger partial charge in [-0.15, -0.1) is 0 Å². The van der Waals surface area contributed by atoms with Crippen molar-refractivity contribution < 1.29 is 9.53 Å². The molecule has 0 bridgehead atoms. The third kappa shape index (κ3) is 8.71. The van der Waals surface area contributed by atoms with Crippen molar-refractivity contribution in [2.75, 3.05) is 19.7 Å². The van der Waals surface area contributed by atoms with Crippen LogP contribution in [0.2, 0.25) is 0 Å². The lowest BCUT2D eigenvalue weighted by Gasteiger charge is -2.30. The number of allylic oxidation sites excluding steroid dienone is 1. The first-order valence-electron chi connectivity index (χ1n) is 12.6. The summed E-state index contributed by atoms with van der Waals surface area (Å²) < 4.78 is 5.61. The third-order valence-electron chi connectivity index (χ3n) is 6.21. The molecule has 0 spiro atoms. The molecule has 0 amide bonds. The summed E-state index contributed by atoms with van der Waals surface area (Å²) in [7, 11) is 0. The molecule has 2 rings (SSSR count). The Morgan fingerprint density at radius 2 is 1.75 bits per heavy atom. The SMILES string of the molecule is CCCCCCCCCCC[C@H]1N=C(N)N2CCCC2=C1C(=O)OCCCCN=C(N)N. The first-order chi connectivity index (χ1) is 15.5. The van der Waals surface area contributed by atoms with E-state index in [2.05, 4.69) is 16.9 Å². The van der Waals surface area contributed by atoms with Crippen LogP contribution in [0.1, 0.15) is 96.8 Å². The topological polar surface area (TPSA) is 132 Å². The maximum atomic E-state index is 13.0. The molecular weight excluding hydrogens is 404 g/mol. The second-order valence-corrected chi connectivity index (χ2v) is 8.89. The van der Waals surface area contributed by atoms with Gasteiger partial charge in [0.05, 0.1) is 18.2 Å². The smallest absolute Gasteiger partial charge is 0.337 e. The van der Waals surface area contributed by atoms with Gasteiger partial charge in [-0.1, -0.05) is 64.7 Å². The van der Waals surface area contributed by atoms with E-state index in [0.717, 1.165) is 56.3 Å². The Labute approximate surface area is 193 Å². The van der Waals surface area contributed by atoms with Crippen LogP contribution in [0.3, 0.4) is 0 Å². The van der Waals surface area contributed by atoms with Crippen LogP contribution in [0.15, 0.2) is 21.3 Å². The number of esters is 1. The lowest BCUT2D eigenvalue weighted by Crippen LogP contribution is -2.41. The minimum Gasteiger partial charge on any atom is -0.462 e. The van der Waals surface area contributed by atoms with Crippen LogP contribution >= 0.6 is 0 Å². The Balaban J connectivity index is 1.80. The van der Waals surface area contributed by atoms with Crippen molar-refractivity contribution in [3.63, 3.8) is 0 Å². The standard InChI is InChI=1S/C24H44N6O2/c1-2-3-4-5-6-7-8-9-10-14-19-21(20-15-13-17-30(20)24(27)29-19)22(31)32-18-12-11-16-28-23(25)26/h19H,2-18H2,1H3,(H2,27,29)(H4,25,26,28)/t19-/m1/s1. The van der Waals surface area contributed by atoms with E-state index in [0.29, 0.717) is 19.1 Å². The van der Waals surface area contributed by atoms with Crippen LogP contribution in [-0.4, -0.2) is 48.5 Å². The molecule has 182 valence electrons. The minimum absolute atomic E-state index is 0.0901. The number of rotatable bonds is 16. The fourth-order valence-electron chi connectivity index (χ4n) is 4.47. The number of hydrogen-bond acceptors (Lipinski definition) is 6. The van der Waals surface area contributed by atoms with Crippen LogP contribution < -0.4 is 17.2 Å². The molecule has 2 aliphatic heterocycles. The van der Waals surface area contributed by atoms with E-state index in [1.54, 1.807) is 0 Å². The predicted molar refractivity (Wildman–Crippen MR) is 131 cm³/mol. The third-order valence-corrected chi connectivity index (χ3v) is 6.21. The predicted octanol–water partition coefficient (Wildman–Crippen LogP) is 3.55. The molecule has 6 N–H and O–H groups in total. The molecule has 1 fully saturated rings. The molecule has 2 aliphatic rings. The molecule has 0 aromatic rings. The Morgan fingerprint density at radius 3 is 2.44 bits per heavy atom. The molecule has 32 heavy (non-hydrogen) atoms. The first-order valence-corrected chi connectivity index (χ1v) is 12.6. The number of nitrogens with two attached hydrogens (primary N) is 3. The van der Waals surface area contributed by atoms with Gasteiger partial charge in [0, 0.05) is 18.8 Å². The number of unbranched alkanes of at least 4 members (excludes halogenated alkanes) is 9. The second-order valence-electron chi connectivity index (χ2n) is 8.89. The summed E-state index contributed by atoms with van der Waals surface area (Å²) in [6, 6.07) is -0.182. The quantitative estimate of drug-likeness (QED) is 0.143. The number of ether oxygens (including phenoxy) is 1. The van der Waals surface area contributed by atoms with Crippen molar-refractivity contribution in [1.29, 1.82) is 0 Å². The normalized spacial score (nSPS) is 17.8. The molecule has 8 nitrogen and oxygen atoms in total. The van der Waals surface area contributed by atoms with Gasteiger partial charge >= 0.3 is 5.97 Å². The summed E-state index contributed by atoms with van der Waals surface area (Å²) in [5.74, 6) is 0.394. The van der Waals surface area contributed by atoms with E-state index in [1.165, 1.54) is 51.4 Å². The molecule has 2 heterocycles. The van der Waals surface area contributed by atoms with Gasteiger partial charge in [0.15, 0.2) is 11.9 Å². The number of fused-ring (bicyclic) bond motifs is 1. The van der Waals surface area contributed by atoms with Gasteiger partial charge < -0.3 is 26.8 Å². The monoisotopic (exact) mass is 448 g/mol. The zero-order valence-electron chi connectivity index (χ0n) is 20.0. The maximum Gasteiger partial charge on any atom is 0.337 e. The van der Waals surface area contributed by atoms with E-state index in [-0.39, 0.29) is 18.0 Å². The largest absolute Gasteiger partial charge is 0.462 e. The molecule has 0 saturated carbocycles. The van der Waals surface area contributed by atoms with E-state index < -0.39 is 0 Å². The van der Waals surface area contributed by atoms with Crippen LogP contribution in [-0.2, 0) is 9.53 Å². The van der Waals surface area contributed by atoms with Gasteiger partial charge in [-0.3, -0.25) is 4.99 Å². The molecule has 0 radical (unpaired) electrons. The summed E-state index contributed by atoms with van der Waals surface area (Å²) in [6.45, 7) is 3.98. The van der Waals surface area contributed by atoms with Crippen molar-refractivity contribution in [2.24, 2.45) is 27.2 Å². The molecular formula is C24H44N6O2. The van der Waals surface area contributed by atoms with Crippen molar-refractivity contribution >= 4 is 17.9 Å². The number of guanidine groups is 2. The average molecular weight is 449 g/mol. The van der Waals surface area contributed by atoms with Crippen LogP contribution in [0.4, 0.5) is 0 Å². The Kier molecular flexibility index (Phi) is 12.0. The van der Waals surface area contributed by atoms with Gasteiger partial charge in [0.25, 0.3) is 0 Å². The van der Waals surface area contributed by atoms with E-state index >= 15 is 0 Å². The Bertz CT molecular complexity index is 669. The van der Waals surface area contributed by atoms with E-state index in [4.69, 9.17) is 21.9 Å². The van der Waals surface area contributed by atoms with Crippen LogP contribution in [0.25, 0.3) is 0 Å². The molecule has 0 aliphatic carbocycles. The first kappa shape index (κ1) is 26.0. The molecule has 1 atom stereocenters. The maximum absolute atomic E-state index is 13.0. The average Bonchev–Trinajstić information content (AvgIpc) is 3.25. The van der Waals surface area contributed by atoms with Crippen molar-refractivity contribution in [3.05, 3.63) is 11.3 Å². The van der Waals surface area contributed by atoms with Crippen LogP contribution in [0, 0.1) is 0 Å². The highest BCUT2D eigenvalue weighted by Crippen LogP contribution is 2.33. The zero-order chi connectivity index (χ0) is 23.2. The highest BCUT2D eigenvalue weighted by molar-refractivity contribution is 5.95. The summed E-state index contributed by atoms with van der Waals surface area (Å²) >= 11 is 0. The second kappa shape index (κ2) is 14.7. The lowest BCUT2D eigenvalue weighted by molar-refractivity contribution is -0.139. The summed E-state index contributed by atoms with van der Waals surface area (Å²) in [5.41, 5.74) is 18.6. The summed E-state index contributed by atoms with van der Waals surface area (Å²) in [4.78, 5) is 23.6. The molecule has 0 unspecified atom stereocenters. The zero-order valence-corrected chi connectivity index (χ0v) is 20.0. The number of hydrogen-bond donors (Lipinski definition) is 3. The number of carbonyl (C=O) groups is 1. The van der Waals surface area contributed by atoms with E-state index in [9.17, 15) is 4.79 Å². The Morgan fingerprint density at radius 1 is 1.06 bits per heavy atom. The minimum atomic E-state index is -0.245. The fraction of sp³-hybridized carbons (Fsp3) is 0.792. The number of aliphatic imine (C=N–C) groups is 2. The molecule has 0 aromatic heterocycles. The summed E-state index contributed by atoms with van der Waals surface area (Å²) in [5, 5.41) is 0. The molecule has 0 aromatic carbocycles. The van der Waals surface area contributed by atoms with Crippen molar-refractivity contribution in [1.82, 2.24) is 4.90 Å². The molecule has 1 saturated heterocycles. The highest BCUT2D eigenvalue weighted by atomic mass is 16.5. The molecule has 8 heteroatoms.